The van der Waals surface area contributed by atoms with Gasteiger partial charge in [-0.25, -0.2) is 9.78 Å². The van der Waals surface area contributed by atoms with Gasteiger partial charge in [-0.1, -0.05) is 44.2 Å². The number of carbonyl (C=O) groups is 1. The molecule has 0 aliphatic heterocycles. The van der Waals surface area contributed by atoms with Crippen molar-refractivity contribution in [2.45, 2.75) is 39.7 Å². The van der Waals surface area contributed by atoms with Crippen LogP contribution in [0.2, 0.25) is 0 Å². The van der Waals surface area contributed by atoms with Crippen molar-refractivity contribution < 1.29 is 14.3 Å². The van der Waals surface area contributed by atoms with Crippen LogP contribution in [0.5, 0.6) is 5.75 Å². The number of hydrogen-bond donors (Lipinski definition) is 0. The normalized spacial score (nSPS) is 12.5. The van der Waals surface area contributed by atoms with Gasteiger partial charge in [-0.2, -0.15) is 9.78 Å². The van der Waals surface area contributed by atoms with E-state index in [4.69, 9.17) is 19.6 Å². The zero-order valence-electron chi connectivity index (χ0n) is 23.5. The number of benzene rings is 3. The van der Waals surface area contributed by atoms with E-state index < -0.39 is 6.04 Å². The Balaban J connectivity index is 1.74. The highest BCUT2D eigenvalue weighted by Gasteiger charge is 2.20. The summed E-state index contributed by atoms with van der Waals surface area (Å²) in [4.78, 5) is 31.1. The third-order valence-electron chi connectivity index (χ3n) is 7.24. The molecular weight excluding hydrogens is 504 g/mol. The van der Waals surface area contributed by atoms with Crippen molar-refractivity contribution in [1.82, 2.24) is 14.2 Å². The van der Waals surface area contributed by atoms with Crippen LogP contribution in [0.3, 0.4) is 0 Å². The van der Waals surface area contributed by atoms with Gasteiger partial charge in [0.15, 0.2) is 5.82 Å². The van der Waals surface area contributed by atoms with Crippen LogP contribution in [0.1, 0.15) is 49.4 Å². The predicted molar refractivity (Wildman–Crippen MR) is 158 cm³/mol. The summed E-state index contributed by atoms with van der Waals surface area (Å²) < 4.78 is 13.8. The molecule has 40 heavy (non-hydrogen) atoms. The molecule has 1 atom stereocenters. The number of para-hydroxylation sites is 2. The lowest BCUT2D eigenvalue weighted by molar-refractivity contribution is -0.143. The van der Waals surface area contributed by atoms with E-state index in [9.17, 15) is 9.59 Å². The molecule has 0 bridgehead atoms. The standard InChI is InChI=1S/C32H32N4O4/c1-19(2)25-16-26(20(3)15-29(25)39-5)30-34-27-13-9-7-12-24(27)31(37)36(30)33-17-22-18-35(21(4)32(38)40-6)28-14-10-8-11-23(22)28/h7-19,21H,1-6H3/t21-/m0/s1. The summed E-state index contributed by atoms with van der Waals surface area (Å²) in [6, 6.07) is 18.5. The van der Waals surface area contributed by atoms with Crippen molar-refractivity contribution in [2.75, 3.05) is 14.2 Å². The Morgan fingerprint density at radius 3 is 2.40 bits per heavy atom. The van der Waals surface area contributed by atoms with Gasteiger partial charge in [0.2, 0.25) is 0 Å². The van der Waals surface area contributed by atoms with E-state index in [2.05, 4.69) is 13.8 Å². The van der Waals surface area contributed by atoms with E-state index in [1.54, 1.807) is 26.3 Å². The third kappa shape index (κ3) is 4.66. The first-order valence-corrected chi connectivity index (χ1v) is 13.2. The number of hydrogen-bond acceptors (Lipinski definition) is 6. The number of fused-ring (bicyclic) bond motifs is 2. The Labute approximate surface area is 232 Å². The molecule has 5 rings (SSSR count). The van der Waals surface area contributed by atoms with E-state index in [-0.39, 0.29) is 17.4 Å². The van der Waals surface area contributed by atoms with Crippen LogP contribution >= 0.6 is 0 Å². The molecule has 204 valence electrons. The number of rotatable bonds is 7. The van der Waals surface area contributed by atoms with Gasteiger partial charge < -0.3 is 14.0 Å². The van der Waals surface area contributed by atoms with Crippen molar-refractivity contribution in [3.05, 3.63) is 93.9 Å². The topological polar surface area (TPSA) is 87.7 Å². The molecule has 0 unspecified atom stereocenters. The number of nitrogens with zero attached hydrogens (tertiary/aromatic N) is 4. The molecule has 3 aromatic carbocycles. The van der Waals surface area contributed by atoms with E-state index in [0.717, 1.165) is 38.9 Å². The average Bonchev–Trinajstić information content (AvgIpc) is 3.34. The maximum absolute atomic E-state index is 13.8. The largest absolute Gasteiger partial charge is 0.496 e. The van der Waals surface area contributed by atoms with E-state index in [0.29, 0.717) is 16.7 Å². The Bertz CT molecular complexity index is 1830. The molecule has 0 amide bonds. The molecule has 0 spiro atoms. The van der Waals surface area contributed by atoms with Gasteiger partial charge in [0.25, 0.3) is 5.56 Å². The maximum Gasteiger partial charge on any atom is 0.328 e. The molecule has 2 aromatic heterocycles. The van der Waals surface area contributed by atoms with Crippen molar-refractivity contribution in [3.63, 3.8) is 0 Å². The van der Waals surface area contributed by atoms with Gasteiger partial charge in [-0.15, -0.1) is 0 Å². The quantitative estimate of drug-likeness (QED) is 0.186. The highest BCUT2D eigenvalue weighted by atomic mass is 16.5. The summed E-state index contributed by atoms with van der Waals surface area (Å²) in [6.07, 6.45) is 3.50. The smallest absolute Gasteiger partial charge is 0.328 e. The van der Waals surface area contributed by atoms with E-state index >= 15 is 0 Å². The number of ether oxygens (including phenoxy) is 2. The number of methoxy groups -OCH3 is 2. The van der Waals surface area contributed by atoms with Gasteiger partial charge >= 0.3 is 5.97 Å². The molecule has 0 saturated carbocycles. The van der Waals surface area contributed by atoms with Crippen LogP contribution in [0.15, 0.2) is 76.8 Å². The number of aryl methyl sites for hydroxylation is 1. The number of esters is 1. The van der Waals surface area contributed by atoms with Crippen molar-refractivity contribution in [2.24, 2.45) is 5.10 Å². The van der Waals surface area contributed by atoms with Crippen LogP contribution in [-0.4, -0.2) is 40.6 Å². The average molecular weight is 537 g/mol. The van der Waals surface area contributed by atoms with Gasteiger partial charge in [0.05, 0.1) is 31.3 Å². The molecule has 0 radical (unpaired) electrons. The van der Waals surface area contributed by atoms with Crippen molar-refractivity contribution >= 4 is 34.0 Å². The van der Waals surface area contributed by atoms with E-state index in [1.807, 2.05) is 72.3 Å². The highest BCUT2D eigenvalue weighted by Crippen LogP contribution is 2.34. The van der Waals surface area contributed by atoms with Crippen molar-refractivity contribution in [3.8, 4) is 17.1 Å². The lowest BCUT2D eigenvalue weighted by atomic mass is 9.96. The first-order valence-electron chi connectivity index (χ1n) is 13.2. The zero-order valence-corrected chi connectivity index (χ0v) is 23.5. The highest BCUT2D eigenvalue weighted by molar-refractivity contribution is 6.00. The van der Waals surface area contributed by atoms with Gasteiger partial charge in [0, 0.05) is 28.2 Å². The van der Waals surface area contributed by atoms with Crippen LogP contribution < -0.4 is 10.3 Å². The van der Waals surface area contributed by atoms with Crippen molar-refractivity contribution in [1.29, 1.82) is 0 Å². The number of carbonyl (C=O) groups excluding carboxylic acids is 1. The summed E-state index contributed by atoms with van der Waals surface area (Å²) in [7, 11) is 3.03. The Hall–Kier alpha value is -4.72. The second-order valence-corrected chi connectivity index (χ2v) is 10.1. The molecule has 0 aliphatic carbocycles. The lowest BCUT2D eigenvalue weighted by Crippen LogP contribution is -2.21. The molecule has 0 N–H and O–H groups in total. The fraction of sp³-hybridized carbons (Fsp3) is 0.250. The molecule has 8 heteroatoms. The maximum atomic E-state index is 13.8. The fourth-order valence-electron chi connectivity index (χ4n) is 5.03. The Morgan fingerprint density at radius 1 is 1.00 bits per heavy atom. The van der Waals surface area contributed by atoms with Crippen LogP contribution in [-0.2, 0) is 9.53 Å². The van der Waals surface area contributed by atoms with Gasteiger partial charge in [-0.05, 0) is 61.2 Å². The second kappa shape index (κ2) is 10.8. The molecule has 0 aliphatic rings. The minimum absolute atomic E-state index is 0.196. The molecular formula is C32H32N4O4. The minimum Gasteiger partial charge on any atom is -0.496 e. The Kier molecular flexibility index (Phi) is 7.26. The Morgan fingerprint density at radius 2 is 1.70 bits per heavy atom. The monoisotopic (exact) mass is 536 g/mol. The van der Waals surface area contributed by atoms with Crippen LogP contribution in [0.25, 0.3) is 33.2 Å². The van der Waals surface area contributed by atoms with Crippen LogP contribution in [0, 0.1) is 6.92 Å². The lowest BCUT2D eigenvalue weighted by Gasteiger charge is -2.17. The fourth-order valence-corrected chi connectivity index (χ4v) is 5.03. The first kappa shape index (κ1) is 26.9. The molecule has 8 nitrogen and oxygen atoms in total. The second-order valence-electron chi connectivity index (χ2n) is 10.1. The third-order valence-corrected chi connectivity index (χ3v) is 7.24. The summed E-state index contributed by atoms with van der Waals surface area (Å²) in [5.41, 5.74) is 4.66. The molecule has 0 fully saturated rings. The number of aromatic nitrogens is 3. The molecule has 0 saturated heterocycles. The summed E-state index contributed by atoms with van der Waals surface area (Å²) in [5, 5.41) is 6.07. The SMILES string of the molecule is COC(=O)[C@H](C)n1cc(C=Nn2c(-c3cc(C(C)C)c(OC)cc3C)nc3ccccc3c2=O)c2ccccc21. The minimum atomic E-state index is -0.533. The van der Waals surface area contributed by atoms with E-state index in [1.165, 1.54) is 11.8 Å². The zero-order chi connectivity index (χ0) is 28.6. The predicted octanol–water partition coefficient (Wildman–Crippen LogP) is 6.07. The summed E-state index contributed by atoms with van der Waals surface area (Å²) >= 11 is 0. The molecule has 5 aromatic rings. The van der Waals surface area contributed by atoms with Crippen LogP contribution in [0.4, 0.5) is 0 Å². The summed E-state index contributed by atoms with van der Waals surface area (Å²) in [6.45, 7) is 7.95. The van der Waals surface area contributed by atoms with Gasteiger partial charge in [0.1, 0.15) is 11.8 Å². The molecule has 2 heterocycles. The van der Waals surface area contributed by atoms with Gasteiger partial charge in [-0.3, -0.25) is 4.79 Å². The summed E-state index contributed by atoms with van der Waals surface area (Å²) in [5.74, 6) is 1.08. The first-order chi connectivity index (χ1) is 19.2.